The third kappa shape index (κ3) is 7.18. The van der Waals surface area contributed by atoms with Gasteiger partial charge in [0.2, 0.25) is 0 Å². The number of aliphatic carboxylic acids is 2. The first kappa shape index (κ1) is 25.6. The van der Waals surface area contributed by atoms with Gasteiger partial charge in [-0.25, -0.2) is 0 Å². The van der Waals surface area contributed by atoms with Gasteiger partial charge in [0.15, 0.2) is 0 Å². The van der Waals surface area contributed by atoms with E-state index in [0.29, 0.717) is 0 Å². The smallest absolute Gasteiger partial charge is 0.549 e. The van der Waals surface area contributed by atoms with Crippen molar-refractivity contribution in [3.63, 3.8) is 0 Å². The summed E-state index contributed by atoms with van der Waals surface area (Å²) in [7, 11) is 0. The van der Waals surface area contributed by atoms with Gasteiger partial charge in [0.25, 0.3) is 0 Å². The monoisotopic (exact) mass is 478 g/mol. The molecule has 4 aromatic rings. The summed E-state index contributed by atoms with van der Waals surface area (Å²) in [6, 6.07) is 36.5. The molecule has 4 aromatic carbocycles. The molecule has 0 aliphatic heterocycles. The predicted molar refractivity (Wildman–Crippen MR) is 119 cm³/mol. The molecule has 33 heavy (non-hydrogen) atoms. The number of carbonyl (C=O) groups excluding carboxylic acids is 2. The molecule has 4 rings (SSSR count). The SMILES string of the molecule is O=C([O-])C(c1ccccc1)c1ccccc1.O=C([O-])C(c1ccccc1)c1ccccc1.[Fe+2]. The van der Waals surface area contributed by atoms with E-state index in [9.17, 15) is 19.8 Å². The standard InChI is InChI=1S/2C14H12O2.Fe/c2*15-14(16)13(11-7-3-1-4-8-11)12-9-5-2-6-10-12;/h2*1-10,13H,(H,15,16);/q;;+2/p-2. The first-order valence-electron chi connectivity index (χ1n) is 10.2. The summed E-state index contributed by atoms with van der Waals surface area (Å²) in [5.74, 6) is -3.53. The molecule has 4 nitrogen and oxygen atoms in total. The molecule has 0 saturated carbocycles. The molecule has 0 aliphatic rings. The van der Waals surface area contributed by atoms with E-state index in [4.69, 9.17) is 0 Å². The minimum Gasteiger partial charge on any atom is -0.549 e. The fraction of sp³-hybridized carbons (Fsp3) is 0.0714. The predicted octanol–water partition coefficient (Wildman–Crippen LogP) is 3.13. The number of hydrogen-bond acceptors (Lipinski definition) is 4. The van der Waals surface area contributed by atoms with Crippen LogP contribution in [0.1, 0.15) is 34.1 Å². The van der Waals surface area contributed by atoms with Gasteiger partial charge in [-0.15, -0.1) is 0 Å². The van der Waals surface area contributed by atoms with Crippen molar-refractivity contribution < 1.29 is 36.9 Å². The van der Waals surface area contributed by atoms with E-state index in [0.717, 1.165) is 22.3 Å². The molecule has 0 aliphatic carbocycles. The van der Waals surface area contributed by atoms with E-state index in [1.165, 1.54) is 0 Å². The van der Waals surface area contributed by atoms with Gasteiger partial charge < -0.3 is 19.8 Å². The Hall–Kier alpha value is -3.66. The van der Waals surface area contributed by atoms with Crippen molar-refractivity contribution >= 4 is 11.9 Å². The van der Waals surface area contributed by atoms with Crippen molar-refractivity contribution in [2.45, 2.75) is 11.8 Å². The Bertz CT molecular complexity index is 946. The van der Waals surface area contributed by atoms with Gasteiger partial charge in [-0.2, -0.15) is 0 Å². The zero-order valence-corrected chi connectivity index (χ0v) is 18.8. The second-order valence-electron chi connectivity index (χ2n) is 7.15. The molecular weight excluding hydrogens is 456 g/mol. The molecule has 0 radical (unpaired) electrons. The van der Waals surface area contributed by atoms with Crippen molar-refractivity contribution in [3.8, 4) is 0 Å². The second kappa shape index (κ2) is 13.0. The summed E-state index contributed by atoms with van der Waals surface area (Å²) < 4.78 is 0. The first-order valence-corrected chi connectivity index (χ1v) is 10.2. The van der Waals surface area contributed by atoms with E-state index in [1.54, 1.807) is 48.5 Å². The Kier molecular flexibility index (Phi) is 10.1. The van der Waals surface area contributed by atoms with Gasteiger partial charge in [0.05, 0.1) is 11.9 Å². The van der Waals surface area contributed by atoms with Crippen LogP contribution in [0.4, 0.5) is 0 Å². The average molecular weight is 478 g/mol. The van der Waals surface area contributed by atoms with Gasteiger partial charge in [-0.3, -0.25) is 0 Å². The Morgan fingerprint density at radius 2 is 0.606 bits per heavy atom. The fourth-order valence-corrected chi connectivity index (χ4v) is 3.51. The minimum absolute atomic E-state index is 0. The summed E-state index contributed by atoms with van der Waals surface area (Å²) in [6.07, 6.45) is 0. The Balaban J connectivity index is 0.000000227. The van der Waals surface area contributed by atoms with Crippen molar-refractivity contribution in [3.05, 3.63) is 144 Å². The van der Waals surface area contributed by atoms with Crippen molar-refractivity contribution in [2.24, 2.45) is 0 Å². The van der Waals surface area contributed by atoms with Crippen LogP contribution in [0.15, 0.2) is 121 Å². The summed E-state index contributed by atoms with van der Waals surface area (Å²) in [4.78, 5) is 22.4. The first-order chi connectivity index (χ1) is 15.6. The molecule has 0 heterocycles. The number of carboxylic acid groups (broad SMARTS) is 2. The summed E-state index contributed by atoms with van der Waals surface area (Å²) in [5.41, 5.74) is 2.98. The molecule has 0 aromatic heterocycles. The van der Waals surface area contributed by atoms with Crippen LogP contribution in [0.3, 0.4) is 0 Å². The van der Waals surface area contributed by atoms with E-state index in [-0.39, 0.29) is 17.1 Å². The number of carboxylic acids is 2. The molecule has 0 fully saturated rings. The van der Waals surface area contributed by atoms with Gasteiger partial charge in [-0.1, -0.05) is 121 Å². The molecule has 0 atom stereocenters. The number of carbonyl (C=O) groups is 2. The molecule has 0 N–H and O–H groups in total. The van der Waals surface area contributed by atoms with Crippen LogP contribution in [0.5, 0.6) is 0 Å². The van der Waals surface area contributed by atoms with Crippen LogP contribution in [-0.2, 0) is 26.7 Å². The molecule has 5 heteroatoms. The fourth-order valence-electron chi connectivity index (χ4n) is 3.51. The van der Waals surface area contributed by atoms with E-state index < -0.39 is 23.8 Å². The molecular formula is C28H22FeO4. The van der Waals surface area contributed by atoms with E-state index in [1.807, 2.05) is 72.8 Å². The summed E-state index contributed by atoms with van der Waals surface area (Å²) >= 11 is 0. The quantitative estimate of drug-likeness (QED) is 0.399. The topological polar surface area (TPSA) is 80.3 Å². The van der Waals surface area contributed by atoms with Crippen molar-refractivity contribution in [1.29, 1.82) is 0 Å². The Labute approximate surface area is 204 Å². The van der Waals surface area contributed by atoms with Crippen LogP contribution in [0.25, 0.3) is 0 Å². The van der Waals surface area contributed by atoms with Crippen molar-refractivity contribution in [2.75, 3.05) is 0 Å². The Morgan fingerprint density at radius 3 is 0.758 bits per heavy atom. The molecule has 0 unspecified atom stereocenters. The van der Waals surface area contributed by atoms with Crippen LogP contribution >= 0.6 is 0 Å². The Morgan fingerprint density at radius 1 is 0.424 bits per heavy atom. The van der Waals surface area contributed by atoms with E-state index >= 15 is 0 Å². The minimum atomic E-state index is -1.07. The average Bonchev–Trinajstić information content (AvgIpc) is 2.82. The maximum absolute atomic E-state index is 11.2. The van der Waals surface area contributed by atoms with Crippen LogP contribution < -0.4 is 10.2 Å². The molecule has 0 amide bonds. The van der Waals surface area contributed by atoms with Crippen LogP contribution in [0.2, 0.25) is 0 Å². The molecule has 0 bridgehead atoms. The summed E-state index contributed by atoms with van der Waals surface area (Å²) in [6.45, 7) is 0. The zero-order valence-electron chi connectivity index (χ0n) is 17.7. The van der Waals surface area contributed by atoms with Crippen molar-refractivity contribution in [1.82, 2.24) is 0 Å². The molecule has 166 valence electrons. The zero-order chi connectivity index (χ0) is 22.8. The van der Waals surface area contributed by atoms with Crippen LogP contribution in [-0.4, -0.2) is 11.9 Å². The second-order valence-corrected chi connectivity index (χ2v) is 7.15. The normalized spacial score (nSPS) is 10.0. The third-order valence-corrected chi connectivity index (χ3v) is 5.00. The maximum Gasteiger partial charge on any atom is 2.00 e. The maximum atomic E-state index is 11.2. The van der Waals surface area contributed by atoms with Gasteiger partial charge in [-0.05, 0) is 22.3 Å². The number of rotatable bonds is 6. The van der Waals surface area contributed by atoms with Gasteiger partial charge in [0.1, 0.15) is 0 Å². The third-order valence-electron chi connectivity index (χ3n) is 5.00. The number of benzene rings is 4. The molecule has 0 saturated heterocycles. The largest absolute Gasteiger partial charge is 2.00 e. The number of hydrogen-bond donors (Lipinski definition) is 0. The van der Waals surface area contributed by atoms with Crippen LogP contribution in [0, 0.1) is 0 Å². The summed E-state index contributed by atoms with van der Waals surface area (Å²) in [5, 5.41) is 22.4. The van der Waals surface area contributed by atoms with Gasteiger partial charge in [0, 0.05) is 11.8 Å². The van der Waals surface area contributed by atoms with Gasteiger partial charge >= 0.3 is 17.1 Å². The molecule has 0 spiro atoms. The van der Waals surface area contributed by atoms with E-state index in [2.05, 4.69) is 0 Å².